The lowest BCUT2D eigenvalue weighted by Crippen LogP contribution is -2.16. The Morgan fingerprint density at radius 3 is 2.91 bits per heavy atom. The first-order valence-corrected chi connectivity index (χ1v) is 7.81. The molecule has 1 N–H and O–H groups in total. The summed E-state index contributed by atoms with van der Waals surface area (Å²) >= 11 is 7.52. The van der Waals surface area contributed by atoms with Crippen LogP contribution in [-0.2, 0) is 6.54 Å². The third-order valence-corrected chi connectivity index (χ3v) is 4.24. The van der Waals surface area contributed by atoms with Gasteiger partial charge < -0.3 is 5.32 Å². The van der Waals surface area contributed by atoms with Gasteiger partial charge in [0.05, 0.1) is 12.7 Å². The third-order valence-electron chi connectivity index (χ3n) is 3.05. The first-order valence-electron chi connectivity index (χ1n) is 6.62. The Balaban J connectivity index is 1.76. The SMILES string of the molecule is Cc1ccc(Cn2nccc2NC(=O)c2ccnc(Cl)c2)s1. The highest BCUT2D eigenvalue weighted by atomic mass is 35.5. The Bertz CT molecular complexity index is 811. The van der Waals surface area contributed by atoms with Gasteiger partial charge in [0.15, 0.2) is 0 Å². The van der Waals surface area contributed by atoms with Crippen molar-refractivity contribution in [2.75, 3.05) is 5.32 Å². The summed E-state index contributed by atoms with van der Waals surface area (Å²) in [5.41, 5.74) is 0.458. The van der Waals surface area contributed by atoms with Crippen molar-refractivity contribution in [2.45, 2.75) is 13.5 Å². The van der Waals surface area contributed by atoms with Crippen molar-refractivity contribution >= 4 is 34.7 Å². The summed E-state index contributed by atoms with van der Waals surface area (Å²) in [5.74, 6) is 0.400. The van der Waals surface area contributed by atoms with Crippen molar-refractivity contribution in [1.82, 2.24) is 14.8 Å². The number of aromatic nitrogens is 3. The molecule has 1 amide bonds. The van der Waals surface area contributed by atoms with Crippen LogP contribution >= 0.6 is 22.9 Å². The number of hydrogen-bond acceptors (Lipinski definition) is 4. The number of nitrogens with one attached hydrogen (secondary N) is 1. The number of carbonyl (C=O) groups excluding carboxylic acids is 1. The minimum atomic E-state index is -0.242. The van der Waals surface area contributed by atoms with Crippen LogP contribution in [0.15, 0.2) is 42.7 Å². The van der Waals surface area contributed by atoms with Crippen LogP contribution in [-0.4, -0.2) is 20.7 Å². The molecule has 0 saturated carbocycles. The van der Waals surface area contributed by atoms with Crippen LogP contribution in [0.5, 0.6) is 0 Å². The summed E-state index contributed by atoms with van der Waals surface area (Å²) < 4.78 is 1.76. The summed E-state index contributed by atoms with van der Waals surface area (Å²) in [6, 6.07) is 9.04. The Hall–Kier alpha value is -2.18. The van der Waals surface area contributed by atoms with Crippen LogP contribution in [0.4, 0.5) is 5.82 Å². The van der Waals surface area contributed by atoms with Gasteiger partial charge >= 0.3 is 0 Å². The maximum atomic E-state index is 12.2. The van der Waals surface area contributed by atoms with Crippen molar-refractivity contribution in [1.29, 1.82) is 0 Å². The van der Waals surface area contributed by atoms with Gasteiger partial charge in [0.2, 0.25) is 0 Å². The Morgan fingerprint density at radius 2 is 2.18 bits per heavy atom. The molecule has 0 spiro atoms. The molecule has 7 heteroatoms. The zero-order valence-corrected chi connectivity index (χ0v) is 13.4. The van der Waals surface area contributed by atoms with E-state index in [2.05, 4.69) is 34.5 Å². The number of rotatable bonds is 4. The van der Waals surface area contributed by atoms with Gasteiger partial charge in [0.1, 0.15) is 11.0 Å². The third kappa shape index (κ3) is 3.35. The van der Waals surface area contributed by atoms with Gasteiger partial charge in [-0.15, -0.1) is 11.3 Å². The number of nitrogens with zero attached hydrogens (tertiary/aromatic N) is 3. The van der Waals surface area contributed by atoms with Crippen LogP contribution < -0.4 is 5.32 Å². The molecule has 5 nitrogen and oxygen atoms in total. The van der Waals surface area contributed by atoms with Gasteiger partial charge in [-0.25, -0.2) is 9.67 Å². The Labute approximate surface area is 136 Å². The van der Waals surface area contributed by atoms with Gasteiger partial charge in [-0.05, 0) is 31.2 Å². The van der Waals surface area contributed by atoms with E-state index in [4.69, 9.17) is 11.6 Å². The fourth-order valence-electron chi connectivity index (χ4n) is 2.01. The summed E-state index contributed by atoms with van der Waals surface area (Å²) in [6.45, 7) is 2.69. The molecule has 22 heavy (non-hydrogen) atoms. The molecule has 0 aliphatic carbocycles. The molecule has 3 rings (SSSR count). The number of amides is 1. The normalized spacial score (nSPS) is 10.6. The maximum Gasteiger partial charge on any atom is 0.256 e. The molecule has 3 heterocycles. The van der Waals surface area contributed by atoms with Crippen LogP contribution in [0, 0.1) is 6.92 Å². The smallest absolute Gasteiger partial charge is 0.256 e. The summed E-state index contributed by atoms with van der Waals surface area (Å²) in [4.78, 5) is 18.5. The van der Waals surface area contributed by atoms with Gasteiger partial charge in [0, 0.05) is 27.6 Å². The summed E-state index contributed by atoms with van der Waals surface area (Å²) in [7, 11) is 0. The molecular weight excluding hydrogens is 320 g/mol. The molecule has 0 atom stereocenters. The highest BCUT2D eigenvalue weighted by molar-refractivity contribution is 7.11. The molecule has 0 fully saturated rings. The fourth-order valence-corrected chi connectivity index (χ4v) is 3.06. The first-order chi connectivity index (χ1) is 10.6. The van der Waals surface area contributed by atoms with Crippen LogP contribution in [0.3, 0.4) is 0 Å². The average Bonchev–Trinajstić information content (AvgIpc) is 3.09. The first kappa shape index (κ1) is 14.7. The average molecular weight is 333 g/mol. The minimum absolute atomic E-state index is 0.242. The lowest BCUT2D eigenvalue weighted by molar-refractivity contribution is 0.102. The standard InChI is InChI=1S/C15H13ClN4OS/c1-10-2-3-12(22-10)9-20-14(5-7-18-20)19-15(21)11-4-6-17-13(16)8-11/h2-8H,9H2,1H3,(H,19,21). The second-order valence-electron chi connectivity index (χ2n) is 4.71. The van der Waals surface area contributed by atoms with Gasteiger partial charge in [-0.2, -0.15) is 5.10 Å². The molecule has 0 aliphatic heterocycles. The van der Waals surface area contributed by atoms with Crippen molar-refractivity contribution in [3.05, 3.63) is 63.2 Å². The number of halogens is 1. The molecular formula is C15H13ClN4OS. The van der Waals surface area contributed by atoms with E-state index in [1.165, 1.54) is 22.0 Å². The van der Waals surface area contributed by atoms with E-state index in [0.29, 0.717) is 17.9 Å². The molecule has 0 radical (unpaired) electrons. The number of pyridine rings is 1. The van der Waals surface area contributed by atoms with Gasteiger partial charge in [-0.1, -0.05) is 11.6 Å². The number of aryl methyl sites for hydroxylation is 1. The van der Waals surface area contributed by atoms with Crippen LogP contribution in [0.2, 0.25) is 5.15 Å². The lowest BCUT2D eigenvalue weighted by Gasteiger charge is -2.08. The summed E-state index contributed by atoms with van der Waals surface area (Å²) in [6.07, 6.45) is 3.17. The van der Waals surface area contributed by atoms with E-state index < -0.39 is 0 Å². The topological polar surface area (TPSA) is 59.8 Å². The van der Waals surface area contributed by atoms with E-state index in [1.54, 1.807) is 34.3 Å². The predicted molar refractivity (Wildman–Crippen MR) is 87.6 cm³/mol. The second kappa shape index (κ2) is 6.29. The van der Waals surface area contributed by atoms with Crippen molar-refractivity contribution < 1.29 is 4.79 Å². The molecule has 0 unspecified atom stereocenters. The van der Waals surface area contributed by atoms with E-state index in [9.17, 15) is 4.79 Å². The van der Waals surface area contributed by atoms with Gasteiger partial charge in [-0.3, -0.25) is 4.79 Å². The van der Waals surface area contributed by atoms with E-state index in [0.717, 1.165) is 0 Å². The quantitative estimate of drug-likeness (QED) is 0.742. The molecule has 0 aromatic carbocycles. The van der Waals surface area contributed by atoms with E-state index >= 15 is 0 Å². The number of hydrogen-bond donors (Lipinski definition) is 1. The molecule has 112 valence electrons. The number of anilines is 1. The van der Waals surface area contributed by atoms with Crippen molar-refractivity contribution in [3.8, 4) is 0 Å². The molecule has 0 aliphatic rings. The summed E-state index contributed by atoms with van der Waals surface area (Å²) in [5, 5.41) is 7.38. The second-order valence-corrected chi connectivity index (χ2v) is 6.47. The Kier molecular flexibility index (Phi) is 4.22. The zero-order chi connectivity index (χ0) is 15.5. The van der Waals surface area contributed by atoms with Gasteiger partial charge in [0.25, 0.3) is 5.91 Å². The molecule has 0 saturated heterocycles. The van der Waals surface area contributed by atoms with Crippen LogP contribution in [0.1, 0.15) is 20.1 Å². The molecule has 0 bridgehead atoms. The maximum absolute atomic E-state index is 12.2. The van der Waals surface area contributed by atoms with Crippen molar-refractivity contribution in [3.63, 3.8) is 0 Å². The zero-order valence-electron chi connectivity index (χ0n) is 11.8. The molecule has 3 aromatic heterocycles. The van der Waals surface area contributed by atoms with E-state index in [-0.39, 0.29) is 11.1 Å². The minimum Gasteiger partial charge on any atom is -0.307 e. The van der Waals surface area contributed by atoms with Crippen molar-refractivity contribution in [2.24, 2.45) is 0 Å². The molecule has 3 aromatic rings. The van der Waals surface area contributed by atoms with E-state index in [1.807, 2.05) is 0 Å². The highest BCUT2D eigenvalue weighted by Gasteiger charge is 2.11. The largest absolute Gasteiger partial charge is 0.307 e. The predicted octanol–water partition coefficient (Wildman–Crippen LogP) is 3.60. The fraction of sp³-hybridized carbons (Fsp3) is 0.133. The number of thiophene rings is 1. The lowest BCUT2D eigenvalue weighted by atomic mass is 10.2. The highest BCUT2D eigenvalue weighted by Crippen LogP contribution is 2.18. The Morgan fingerprint density at radius 1 is 1.32 bits per heavy atom. The number of carbonyl (C=O) groups is 1. The van der Waals surface area contributed by atoms with Crippen LogP contribution in [0.25, 0.3) is 0 Å². The monoisotopic (exact) mass is 332 g/mol.